The normalized spacial score (nSPS) is 10.8. The largest absolute Gasteiger partial charge is 0.451 e. The van der Waals surface area contributed by atoms with Gasteiger partial charge >= 0.3 is 0 Å². The third kappa shape index (κ3) is 3.52. The van der Waals surface area contributed by atoms with Crippen molar-refractivity contribution < 1.29 is 9.21 Å². The third-order valence-corrected chi connectivity index (χ3v) is 3.81. The number of benzene rings is 2. The maximum Gasteiger partial charge on any atom is 0.287 e. The van der Waals surface area contributed by atoms with Crippen LogP contribution in [0.25, 0.3) is 11.0 Å². The van der Waals surface area contributed by atoms with Crippen molar-refractivity contribution in [1.29, 1.82) is 0 Å². The van der Waals surface area contributed by atoms with E-state index in [0.717, 1.165) is 28.7 Å². The van der Waals surface area contributed by atoms with Crippen molar-refractivity contribution in [2.75, 3.05) is 6.54 Å². The average Bonchev–Trinajstić information content (AvgIpc) is 2.97. The zero-order valence-electron chi connectivity index (χ0n) is 12.1. The van der Waals surface area contributed by atoms with Crippen LogP contribution in [-0.4, -0.2) is 12.5 Å². The fourth-order valence-corrected chi connectivity index (χ4v) is 2.49. The molecular weight excluding hydrogens is 294 g/mol. The molecule has 0 saturated carbocycles. The van der Waals surface area contributed by atoms with Crippen LogP contribution in [0.15, 0.2) is 63.9 Å². The predicted octanol–water partition coefficient (Wildman–Crippen LogP) is 4.08. The van der Waals surface area contributed by atoms with Crippen molar-refractivity contribution in [3.63, 3.8) is 0 Å². The van der Waals surface area contributed by atoms with Crippen LogP contribution < -0.4 is 5.32 Å². The van der Waals surface area contributed by atoms with E-state index in [1.54, 1.807) is 6.07 Å². The van der Waals surface area contributed by atoms with Gasteiger partial charge in [-0.3, -0.25) is 4.79 Å². The van der Waals surface area contributed by atoms with Crippen molar-refractivity contribution in [1.82, 2.24) is 5.32 Å². The molecule has 0 atom stereocenters. The van der Waals surface area contributed by atoms with E-state index < -0.39 is 0 Å². The highest BCUT2D eigenvalue weighted by atomic mass is 32.1. The molecule has 22 heavy (non-hydrogen) atoms. The first kappa shape index (κ1) is 14.7. The van der Waals surface area contributed by atoms with E-state index in [4.69, 9.17) is 4.42 Å². The number of carbonyl (C=O) groups excluding carboxylic acids is 1. The highest BCUT2D eigenvalue weighted by molar-refractivity contribution is 7.80. The first-order valence-corrected chi connectivity index (χ1v) is 7.72. The van der Waals surface area contributed by atoms with Crippen molar-refractivity contribution in [2.24, 2.45) is 0 Å². The Labute approximate surface area is 134 Å². The van der Waals surface area contributed by atoms with E-state index in [2.05, 4.69) is 30.1 Å². The number of fused-ring (bicyclic) bond motifs is 1. The molecule has 0 unspecified atom stereocenters. The van der Waals surface area contributed by atoms with Crippen LogP contribution in [0.5, 0.6) is 0 Å². The van der Waals surface area contributed by atoms with Gasteiger partial charge in [0.15, 0.2) is 5.76 Å². The summed E-state index contributed by atoms with van der Waals surface area (Å²) in [7, 11) is 0. The number of thiol groups is 1. The van der Waals surface area contributed by atoms with Crippen LogP contribution in [-0.2, 0) is 6.42 Å². The molecule has 3 rings (SSSR count). The fourth-order valence-electron chi connectivity index (χ4n) is 2.34. The molecule has 1 amide bonds. The molecule has 112 valence electrons. The first-order valence-electron chi connectivity index (χ1n) is 7.27. The summed E-state index contributed by atoms with van der Waals surface area (Å²) in [4.78, 5) is 13.0. The van der Waals surface area contributed by atoms with Gasteiger partial charge in [0.25, 0.3) is 5.91 Å². The lowest BCUT2D eigenvalue weighted by Gasteiger charge is -2.04. The van der Waals surface area contributed by atoms with Gasteiger partial charge in [0.1, 0.15) is 5.58 Å². The van der Waals surface area contributed by atoms with Crippen molar-refractivity contribution in [2.45, 2.75) is 17.7 Å². The zero-order chi connectivity index (χ0) is 15.4. The number of hydrogen-bond donors (Lipinski definition) is 2. The van der Waals surface area contributed by atoms with Gasteiger partial charge in [-0.25, -0.2) is 0 Å². The van der Waals surface area contributed by atoms with Crippen molar-refractivity contribution in [3.8, 4) is 0 Å². The minimum atomic E-state index is -0.165. The monoisotopic (exact) mass is 311 g/mol. The van der Waals surface area contributed by atoms with Gasteiger partial charge < -0.3 is 9.73 Å². The van der Waals surface area contributed by atoms with E-state index >= 15 is 0 Å². The molecule has 2 aromatic carbocycles. The number of furan rings is 1. The van der Waals surface area contributed by atoms with Crippen LogP contribution in [0.1, 0.15) is 22.5 Å². The molecule has 1 N–H and O–H groups in total. The second-order valence-corrected chi connectivity index (χ2v) is 5.69. The van der Waals surface area contributed by atoms with E-state index in [1.807, 2.05) is 36.4 Å². The highest BCUT2D eigenvalue weighted by Gasteiger charge is 2.11. The summed E-state index contributed by atoms with van der Waals surface area (Å²) < 4.78 is 5.54. The SMILES string of the molecule is O=C(NCCCc1ccc(S)cc1)c1cc2ccccc2o1. The van der Waals surface area contributed by atoms with E-state index in [-0.39, 0.29) is 5.91 Å². The molecule has 0 aliphatic heterocycles. The van der Waals surface area contributed by atoms with Crippen LogP contribution in [0.2, 0.25) is 0 Å². The number of rotatable bonds is 5. The molecular formula is C18H17NO2S. The Morgan fingerprint density at radius 2 is 1.86 bits per heavy atom. The summed E-state index contributed by atoms with van der Waals surface area (Å²) in [5, 5.41) is 3.84. The molecule has 3 aromatic rings. The van der Waals surface area contributed by atoms with Crippen molar-refractivity contribution >= 4 is 29.5 Å². The maximum atomic E-state index is 12.1. The Kier molecular flexibility index (Phi) is 4.49. The number of hydrogen-bond acceptors (Lipinski definition) is 3. The van der Waals surface area contributed by atoms with Gasteiger partial charge in [0, 0.05) is 16.8 Å². The second-order valence-electron chi connectivity index (χ2n) is 5.17. The maximum absolute atomic E-state index is 12.1. The Balaban J connectivity index is 1.50. The van der Waals surface area contributed by atoms with E-state index in [0.29, 0.717) is 12.3 Å². The number of aryl methyl sites for hydroxylation is 1. The fraction of sp³-hybridized carbons (Fsp3) is 0.167. The molecule has 1 heterocycles. The molecule has 0 aliphatic rings. The third-order valence-electron chi connectivity index (χ3n) is 3.51. The van der Waals surface area contributed by atoms with Gasteiger partial charge in [-0.1, -0.05) is 30.3 Å². The molecule has 1 aromatic heterocycles. The Hall–Kier alpha value is -2.20. The van der Waals surface area contributed by atoms with Crippen molar-refractivity contribution in [3.05, 3.63) is 65.9 Å². The summed E-state index contributed by atoms with van der Waals surface area (Å²) in [5.41, 5.74) is 1.98. The highest BCUT2D eigenvalue weighted by Crippen LogP contribution is 2.18. The lowest BCUT2D eigenvalue weighted by Crippen LogP contribution is -2.24. The topological polar surface area (TPSA) is 42.2 Å². The lowest BCUT2D eigenvalue weighted by atomic mass is 10.1. The first-order chi connectivity index (χ1) is 10.7. The van der Waals surface area contributed by atoms with E-state index in [1.165, 1.54) is 5.56 Å². The van der Waals surface area contributed by atoms with Gasteiger partial charge in [0.05, 0.1) is 0 Å². The van der Waals surface area contributed by atoms with Crippen LogP contribution >= 0.6 is 12.6 Å². The lowest BCUT2D eigenvalue weighted by molar-refractivity contribution is 0.0927. The summed E-state index contributed by atoms with van der Waals surface area (Å²) in [6.07, 6.45) is 1.81. The average molecular weight is 311 g/mol. The molecule has 3 nitrogen and oxygen atoms in total. The number of para-hydroxylation sites is 1. The minimum absolute atomic E-state index is 0.165. The Morgan fingerprint density at radius 1 is 1.09 bits per heavy atom. The van der Waals surface area contributed by atoms with Gasteiger partial charge in [-0.05, 0) is 42.7 Å². The van der Waals surface area contributed by atoms with Gasteiger partial charge in [-0.2, -0.15) is 0 Å². The standard InChI is InChI=1S/C18H17NO2S/c20-18(17-12-14-5-1-2-6-16(14)21-17)19-11-3-4-13-7-9-15(22)10-8-13/h1-2,5-10,12,22H,3-4,11H2,(H,19,20). The van der Waals surface area contributed by atoms with Gasteiger partial charge in [-0.15, -0.1) is 12.6 Å². The number of nitrogens with one attached hydrogen (secondary N) is 1. The van der Waals surface area contributed by atoms with Crippen LogP contribution in [0, 0.1) is 0 Å². The Bertz CT molecular complexity index is 744. The summed E-state index contributed by atoms with van der Waals surface area (Å²) in [6, 6.07) is 17.5. The number of carbonyl (C=O) groups is 1. The molecule has 0 fully saturated rings. The molecule has 0 spiro atoms. The summed E-state index contributed by atoms with van der Waals surface area (Å²) in [6.45, 7) is 0.624. The van der Waals surface area contributed by atoms with Crippen LogP contribution in [0.4, 0.5) is 0 Å². The van der Waals surface area contributed by atoms with Gasteiger partial charge in [0.2, 0.25) is 0 Å². The molecule has 0 radical (unpaired) electrons. The number of amides is 1. The smallest absolute Gasteiger partial charge is 0.287 e. The Morgan fingerprint density at radius 3 is 2.64 bits per heavy atom. The quantitative estimate of drug-likeness (QED) is 0.550. The zero-order valence-corrected chi connectivity index (χ0v) is 13.0. The molecule has 4 heteroatoms. The summed E-state index contributed by atoms with van der Waals surface area (Å²) >= 11 is 4.26. The van der Waals surface area contributed by atoms with Crippen LogP contribution in [0.3, 0.4) is 0 Å². The predicted molar refractivity (Wildman–Crippen MR) is 90.6 cm³/mol. The molecule has 0 bridgehead atoms. The minimum Gasteiger partial charge on any atom is -0.451 e. The van der Waals surface area contributed by atoms with E-state index in [9.17, 15) is 4.79 Å². The summed E-state index contributed by atoms with van der Waals surface area (Å²) in [5.74, 6) is 0.197. The second kappa shape index (κ2) is 6.71. The molecule has 0 aliphatic carbocycles. The molecule has 0 saturated heterocycles.